The minimum absolute atomic E-state index is 0.104. The summed E-state index contributed by atoms with van der Waals surface area (Å²) >= 11 is 7.25. The van der Waals surface area contributed by atoms with Crippen LogP contribution in [0, 0.1) is 11.3 Å². The van der Waals surface area contributed by atoms with Gasteiger partial charge in [-0.2, -0.15) is 0 Å². The number of ether oxygens (including phenoxy) is 1. The molecule has 0 radical (unpaired) electrons. The van der Waals surface area contributed by atoms with Gasteiger partial charge >= 0.3 is 0 Å². The molecule has 42 heavy (non-hydrogen) atoms. The number of benzene rings is 1. The molecule has 0 saturated carbocycles. The largest absolute Gasteiger partial charge is 0.382 e. The summed E-state index contributed by atoms with van der Waals surface area (Å²) in [4.78, 5) is 33.0. The molecule has 0 bridgehead atoms. The molecule has 0 aliphatic carbocycles. The molecule has 3 atom stereocenters. The van der Waals surface area contributed by atoms with Crippen molar-refractivity contribution < 1.29 is 22.7 Å². The van der Waals surface area contributed by atoms with Crippen molar-refractivity contribution in [1.82, 2.24) is 25.2 Å². The van der Waals surface area contributed by atoms with E-state index in [-0.39, 0.29) is 32.0 Å². The lowest BCUT2D eigenvalue weighted by molar-refractivity contribution is -0.140. The van der Waals surface area contributed by atoms with Gasteiger partial charge in [0.05, 0.1) is 25.5 Å². The van der Waals surface area contributed by atoms with Crippen LogP contribution in [0.1, 0.15) is 48.4 Å². The lowest BCUT2D eigenvalue weighted by Crippen LogP contribution is -2.53. The number of halogens is 1. The van der Waals surface area contributed by atoms with Gasteiger partial charge in [0.15, 0.2) is 0 Å². The number of aromatic nitrogens is 1. The molecule has 0 spiro atoms. The first-order valence-corrected chi connectivity index (χ1v) is 17.0. The smallest absolute Gasteiger partial charge is 0.243 e. The molecule has 4 rings (SSSR count). The highest BCUT2D eigenvalue weighted by molar-refractivity contribution is 7.88. The minimum Gasteiger partial charge on any atom is -0.382 e. The third-order valence-corrected chi connectivity index (χ3v) is 9.28. The van der Waals surface area contributed by atoms with Gasteiger partial charge in [0, 0.05) is 23.4 Å². The molecule has 2 aromatic rings. The Morgan fingerprint density at radius 2 is 2.00 bits per heavy atom. The number of nitrogens with one attached hydrogen (secondary N) is 4. The molecule has 3 heterocycles. The van der Waals surface area contributed by atoms with Gasteiger partial charge in [0.25, 0.3) is 0 Å². The number of amidine groups is 1. The highest BCUT2D eigenvalue weighted by atomic mass is 35.5. The minimum atomic E-state index is -3.69. The van der Waals surface area contributed by atoms with Crippen molar-refractivity contribution in [1.29, 1.82) is 5.41 Å². The summed E-state index contributed by atoms with van der Waals surface area (Å²) in [5.41, 5.74) is 6.73. The van der Waals surface area contributed by atoms with Gasteiger partial charge in [-0.05, 0) is 62.4 Å². The maximum atomic E-state index is 13.9. The van der Waals surface area contributed by atoms with Crippen LogP contribution in [0.25, 0.3) is 0 Å². The fraction of sp³-hybridized carbons (Fsp3) is 0.556. The molecular formula is C27H38ClN7O5S2. The molecule has 12 nitrogen and oxygen atoms in total. The molecule has 2 amide bonds. The summed E-state index contributed by atoms with van der Waals surface area (Å²) in [5.74, 6) is -0.600. The summed E-state index contributed by atoms with van der Waals surface area (Å²) in [5, 5.41) is 16.5. The molecule has 2 fully saturated rings. The van der Waals surface area contributed by atoms with Crippen LogP contribution in [0.5, 0.6) is 0 Å². The van der Waals surface area contributed by atoms with Crippen molar-refractivity contribution in [2.75, 3.05) is 25.9 Å². The molecule has 1 aromatic carbocycles. The zero-order chi connectivity index (χ0) is 30.3. The van der Waals surface area contributed by atoms with Crippen molar-refractivity contribution in [2.45, 2.75) is 63.4 Å². The average molecular weight is 640 g/mol. The number of nitrogen functional groups attached to an aromatic ring is 1. The topological polar surface area (TPSA) is 180 Å². The highest BCUT2D eigenvalue weighted by Gasteiger charge is 2.42. The van der Waals surface area contributed by atoms with Crippen molar-refractivity contribution >= 4 is 50.6 Å². The number of carbonyl (C=O) groups excluding carboxylic acids is 2. The van der Waals surface area contributed by atoms with Gasteiger partial charge in [-0.1, -0.05) is 23.7 Å². The number of carbonyl (C=O) groups is 2. The van der Waals surface area contributed by atoms with E-state index in [0.29, 0.717) is 34.5 Å². The molecule has 15 heteroatoms. The molecule has 2 aliphatic rings. The van der Waals surface area contributed by atoms with E-state index < -0.39 is 40.0 Å². The third-order valence-electron chi connectivity index (χ3n) is 7.47. The highest BCUT2D eigenvalue weighted by Crippen LogP contribution is 2.26. The second-order valence-electron chi connectivity index (χ2n) is 10.8. The Balaban J connectivity index is 1.48. The van der Waals surface area contributed by atoms with Gasteiger partial charge in [-0.3, -0.25) is 15.0 Å². The number of rotatable bonds is 13. The Hall–Kier alpha value is -2.62. The fourth-order valence-corrected chi connectivity index (χ4v) is 6.86. The quantitative estimate of drug-likeness (QED) is 0.162. The van der Waals surface area contributed by atoms with Crippen LogP contribution < -0.4 is 21.1 Å². The fourth-order valence-electron chi connectivity index (χ4n) is 5.27. The van der Waals surface area contributed by atoms with Crippen molar-refractivity contribution in [3.05, 3.63) is 50.9 Å². The van der Waals surface area contributed by atoms with E-state index >= 15 is 0 Å². The van der Waals surface area contributed by atoms with Crippen LogP contribution in [0.15, 0.2) is 29.6 Å². The van der Waals surface area contributed by atoms with Gasteiger partial charge in [0.1, 0.15) is 28.6 Å². The van der Waals surface area contributed by atoms with Crippen LogP contribution in [-0.2, 0) is 37.5 Å². The standard InChI is InChI=1S/C27H38ClN7O5S2/c1-42(38,39)34-21(7-4-17-8-10-31-11-9-17)27(37)35-14-20(40-15-18-2-5-19(28)6-3-18)12-23(35)26(36)32-13-24-33-22(16-41-24)25(29)30/h2-3,5-6,16-17,20-21,23,31,34H,4,7-15H2,1H3,(H3,29,30)(H,32,36)/t20-,21-,23+/m1/s1. The van der Waals surface area contributed by atoms with Crippen LogP contribution >= 0.6 is 22.9 Å². The summed E-state index contributed by atoms with van der Waals surface area (Å²) in [6.07, 6.45) is 3.83. The summed E-state index contributed by atoms with van der Waals surface area (Å²) < 4.78 is 33.1. The van der Waals surface area contributed by atoms with Crippen molar-refractivity contribution in [2.24, 2.45) is 11.7 Å². The van der Waals surface area contributed by atoms with E-state index in [2.05, 4.69) is 20.3 Å². The predicted octanol–water partition coefficient (Wildman–Crippen LogP) is 1.58. The summed E-state index contributed by atoms with van der Waals surface area (Å²) in [7, 11) is -3.69. The number of hydrogen-bond donors (Lipinski definition) is 5. The normalized spacial score (nSPS) is 20.4. The molecule has 1 aromatic heterocycles. The number of thiazole rings is 1. The average Bonchev–Trinajstić information content (AvgIpc) is 3.61. The van der Waals surface area contributed by atoms with E-state index in [0.717, 1.165) is 37.8 Å². The van der Waals surface area contributed by atoms with E-state index in [1.807, 2.05) is 12.1 Å². The molecule has 0 unspecified atom stereocenters. The molecule has 2 aliphatic heterocycles. The molecule has 230 valence electrons. The number of likely N-dealkylation sites (tertiary alicyclic amines) is 1. The van der Waals surface area contributed by atoms with E-state index in [4.69, 9.17) is 27.5 Å². The second-order valence-corrected chi connectivity index (χ2v) is 13.9. The van der Waals surface area contributed by atoms with Crippen molar-refractivity contribution in [3.63, 3.8) is 0 Å². The van der Waals surface area contributed by atoms with Gasteiger partial charge in [-0.15, -0.1) is 11.3 Å². The van der Waals surface area contributed by atoms with Crippen molar-refractivity contribution in [3.8, 4) is 0 Å². The van der Waals surface area contributed by atoms with E-state index in [9.17, 15) is 18.0 Å². The summed E-state index contributed by atoms with van der Waals surface area (Å²) in [6.45, 7) is 2.32. The first-order chi connectivity index (χ1) is 20.0. The Bertz CT molecular complexity index is 1350. The van der Waals surface area contributed by atoms with Gasteiger partial charge in [0.2, 0.25) is 21.8 Å². The lowest BCUT2D eigenvalue weighted by atomic mass is 9.91. The number of sulfonamides is 1. The van der Waals surface area contributed by atoms with Gasteiger partial charge in [-0.25, -0.2) is 18.1 Å². The number of piperidine rings is 1. The second kappa shape index (κ2) is 14.7. The zero-order valence-electron chi connectivity index (χ0n) is 23.5. The maximum absolute atomic E-state index is 13.9. The first-order valence-electron chi connectivity index (χ1n) is 13.9. The first kappa shape index (κ1) is 32.3. The Morgan fingerprint density at radius 3 is 2.64 bits per heavy atom. The molecule has 6 N–H and O–H groups in total. The number of hydrogen-bond acceptors (Lipinski definition) is 9. The van der Waals surface area contributed by atoms with Crippen LogP contribution in [-0.4, -0.2) is 80.0 Å². The Labute approximate surface area is 255 Å². The lowest BCUT2D eigenvalue weighted by Gasteiger charge is -2.29. The zero-order valence-corrected chi connectivity index (χ0v) is 25.9. The van der Waals surface area contributed by atoms with E-state index in [1.165, 1.54) is 16.2 Å². The van der Waals surface area contributed by atoms with Gasteiger partial charge < -0.3 is 26.0 Å². The third kappa shape index (κ3) is 9.44. The number of nitrogens with zero attached hydrogens (tertiary/aromatic N) is 2. The summed E-state index contributed by atoms with van der Waals surface area (Å²) in [6, 6.07) is 5.38. The Morgan fingerprint density at radius 1 is 1.29 bits per heavy atom. The molecular weight excluding hydrogens is 602 g/mol. The monoisotopic (exact) mass is 639 g/mol. The number of nitrogens with two attached hydrogens (primary N) is 1. The SMILES string of the molecule is CS(=O)(=O)N[C@H](CCC1CCNCC1)C(=O)N1C[C@H](OCc2ccc(Cl)cc2)C[C@H]1C(=O)NCc1nc(C(=N)N)cs1. The number of amides is 2. The predicted molar refractivity (Wildman–Crippen MR) is 162 cm³/mol. The maximum Gasteiger partial charge on any atom is 0.243 e. The molecule has 2 saturated heterocycles. The Kier molecular flexibility index (Phi) is 11.3. The van der Waals surface area contributed by atoms with E-state index in [1.54, 1.807) is 17.5 Å². The van der Waals surface area contributed by atoms with Crippen LogP contribution in [0.3, 0.4) is 0 Å². The van der Waals surface area contributed by atoms with Crippen LogP contribution in [0.4, 0.5) is 0 Å². The van der Waals surface area contributed by atoms with Crippen LogP contribution in [0.2, 0.25) is 5.02 Å².